The summed E-state index contributed by atoms with van der Waals surface area (Å²) in [6, 6.07) is 11.4. The zero-order valence-electron chi connectivity index (χ0n) is 15.0. The summed E-state index contributed by atoms with van der Waals surface area (Å²) in [5, 5.41) is 8.55. The van der Waals surface area contributed by atoms with Gasteiger partial charge in [0, 0.05) is 25.2 Å². The summed E-state index contributed by atoms with van der Waals surface area (Å²) in [6.45, 7) is 4.77. The van der Waals surface area contributed by atoms with E-state index in [2.05, 4.69) is 10.2 Å². The maximum Gasteiger partial charge on any atom is 0.243 e. The second-order valence-electron chi connectivity index (χ2n) is 6.93. The van der Waals surface area contributed by atoms with Crippen LogP contribution in [0.1, 0.15) is 35.7 Å². The van der Waals surface area contributed by atoms with E-state index < -0.39 is 10.0 Å². The van der Waals surface area contributed by atoms with Gasteiger partial charge >= 0.3 is 0 Å². The lowest BCUT2D eigenvalue weighted by Gasteiger charge is -2.31. The number of hydrogen-bond acceptors (Lipinski definition) is 4. The van der Waals surface area contributed by atoms with Crippen molar-refractivity contribution < 1.29 is 8.42 Å². The Morgan fingerprint density at radius 1 is 1.04 bits per heavy atom. The van der Waals surface area contributed by atoms with Crippen molar-refractivity contribution in [3.05, 3.63) is 59.5 Å². The van der Waals surface area contributed by atoms with Crippen LogP contribution in [0.4, 0.5) is 0 Å². The molecule has 0 saturated carbocycles. The van der Waals surface area contributed by atoms with Crippen LogP contribution in [-0.4, -0.2) is 40.4 Å². The highest BCUT2D eigenvalue weighted by atomic mass is 32.2. The molecular formula is C19H22N4O2S. The minimum absolute atomic E-state index is 0.220. The first kappa shape index (κ1) is 17.2. The van der Waals surface area contributed by atoms with Crippen molar-refractivity contribution in [2.45, 2.75) is 37.5 Å². The number of pyridine rings is 1. The molecule has 0 atom stereocenters. The number of aromatic nitrogens is 3. The summed E-state index contributed by atoms with van der Waals surface area (Å²) in [4.78, 5) is 0.420. The molecule has 26 heavy (non-hydrogen) atoms. The van der Waals surface area contributed by atoms with Crippen LogP contribution in [-0.2, 0) is 10.0 Å². The average Bonchev–Trinajstić information content (AvgIpc) is 3.08. The number of hydrogen-bond donors (Lipinski definition) is 0. The normalized spacial score (nSPS) is 17.0. The smallest absolute Gasteiger partial charge is 0.243 e. The van der Waals surface area contributed by atoms with Crippen molar-refractivity contribution >= 4 is 15.7 Å². The van der Waals surface area contributed by atoms with E-state index in [9.17, 15) is 8.42 Å². The quantitative estimate of drug-likeness (QED) is 0.711. The fourth-order valence-corrected chi connectivity index (χ4v) is 5.40. The molecule has 0 unspecified atom stereocenters. The highest BCUT2D eigenvalue weighted by Gasteiger charge is 2.32. The van der Waals surface area contributed by atoms with Gasteiger partial charge in [-0.3, -0.25) is 4.40 Å². The number of fused-ring (bicyclic) bond motifs is 1. The van der Waals surface area contributed by atoms with Gasteiger partial charge in [-0.25, -0.2) is 8.42 Å². The standard InChI is InChI=1S/C19H22N4O2S/c1-14-6-7-15(2)17(13-14)26(24,25)22-11-8-16(9-12-22)19-21-20-18-5-3-4-10-23(18)19/h3-7,10,13,16H,8-9,11-12H2,1-2H3. The third kappa shape index (κ3) is 2.91. The minimum atomic E-state index is -3.46. The van der Waals surface area contributed by atoms with Crippen LogP contribution in [0, 0.1) is 13.8 Å². The largest absolute Gasteiger partial charge is 0.286 e. The summed E-state index contributed by atoms with van der Waals surface area (Å²) in [7, 11) is -3.46. The number of sulfonamides is 1. The first-order chi connectivity index (χ1) is 12.5. The molecule has 0 N–H and O–H groups in total. The Morgan fingerprint density at radius 2 is 1.81 bits per heavy atom. The fraction of sp³-hybridized carbons (Fsp3) is 0.368. The van der Waals surface area contributed by atoms with Crippen molar-refractivity contribution in [1.82, 2.24) is 18.9 Å². The number of benzene rings is 1. The summed E-state index contributed by atoms with van der Waals surface area (Å²) in [5.41, 5.74) is 2.58. The molecule has 1 saturated heterocycles. The maximum absolute atomic E-state index is 13.1. The molecule has 3 aromatic rings. The molecule has 6 nitrogen and oxygen atoms in total. The van der Waals surface area contributed by atoms with E-state index in [-0.39, 0.29) is 5.92 Å². The number of nitrogens with zero attached hydrogens (tertiary/aromatic N) is 4. The van der Waals surface area contributed by atoms with E-state index in [0.717, 1.165) is 35.4 Å². The zero-order chi connectivity index (χ0) is 18.3. The van der Waals surface area contributed by atoms with Crippen molar-refractivity contribution in [2.24, 2.45) is 0 Å². The Labute approximate surface area is 153 Å². The summed E-state index contributed by atoms with van der Waals surface area (Å²) < 4.78 is 29.7. The molecule has 0 bridgehead atoms. The third-order valence-corrected chi connectivity index (χ3v) is 7.16. The Hall–Kier alpha value is -2.25. The van der Waals surface area contributed by atoms with Gasteiger partial charge in [-0.05, 0) is 56.0 Å². The molecule has 1 aromatic carbocycles. The predicted octanol–water partition coefficient (Wildman–Crippen LogP) is 2.91. The molecule has 2 aromatic heterocycles. The van der Waals surface area contributed by atoms with Crippen LogP contribution in [0.5, 0.6) is 0 Å². The second-order valence-corrected chi connectivity index (χ2v) is 8.84. The minimum Gasteiger partial charge on any atom is -0.286 e. The number of rotatable bonds is 3. The lowest BCUT2D eigenvalue weighted by Crippen LogP contribution is -2.38. The van der Waals surface area contributed by atoms with Gasteiger partial charge in [-0.1, -0.05) is 18.2 Å². The monoisotopic (exact) mass is 370 g/mol. The molecule has 136 valence electrons. The van der Waals surface area contributed by atoms with Gasteiger partial charge in [0.1, 0.15) is 5.82 Å². The van der Waals surface area contributed by atoms with Crippen molar-refractivity contribution in [3.63, 3.8) is 0 Å². The van der Waals surface area contributed by atoms with Gasteiger partial charge < -0.3 is 0 Å². The lowest BCUT2D eigenvalue weighted by atomic mass is 9.97. The van der Waals surface area contributed by atoms with Crippen molar-refractivity contribution in [1.29, 1.82) is 0 Å². The van der Waals surface area contributed by atoms with Crippen molar-refractivity contribution in [2.75, 3.05) is 13.1 Å². The molecule has 4 rings (SSSR count). The Morgan fingerprint density at radius 3 is 2.58 bits per heavy atom. The van der Waals surface area contributed by atoms with Crippen LogP contribution < -0.4 is 0 Å². The van der Waals surface area contributed by atoms with Crippen LogP contribution in [0.2, 0.25) is 0 Å². The molecule has 0 amide bonds. The molecule has 0 aliphatic carbocycles. The van der Waals surface area contributed by atoms with E-state index in [1.54, 1.807) is 10.4 Å². The average molecular weight is 370 g/mol. The summed E-state index contributed by atoms with van der Waals surface area (Å²) >= 11 is 0. The van der Waals surface area contributed by atoms with Crippen molar-refractivity contribution in [3.8, 4) is 0 Å². The third-order valence-electron chi connectivity index (χ3n) is 5.12. The van der Waals surface area contributed by atoms with E-state index in [0.29, 0.717) is 18.0 Å². The second kappa shape index (κ2) is 6.48. The van der Waals surface area contributed by atoms with E-state index in [1.165, 1.54) is 0 Å². The Balaban J connectivity index is 1.55. The van der Waals surface area contributed by atoms with Crippen LogP contribution in [0.3, 0.4) is 0 Å². The SMILES string of the molecule is Cc1ccc(C)c(S(=O)(=O)N2CCC(c3nnc4ccccn34)CC2)c1. The maximum atomic E-state index is 13.1. The fourth-order valence-electron chi connectivity index (χ4n) is 3.62. The first-order valence-electron chi connectivity index (χ1n) is 8.84. The molecular weight excluding hydrogens is 348 g/mol. The zero-order valence-corrected chi connectivity index (χ0v) is 15.8. The highest BCUT2D eigenvalue weighted by Crippen LogP contribution is 2.31. The van der Waals surface area contributed by atoms with Crippen LogP contribution in [0.25, 0.3) is 5.65 Å². The summed E-state index contributed by atoms with van der Waals surface area (Å²) in [6.07, 6.45) is 3.46. The highest BCUT2D eigenvalue weighted by molar-refractivity contribution is 7.89. The topological polar surface area (TPSA) is 67.6 Å². The van der Waals surface area contributed by atoms with E-state index in [4.69, 9.17) is 0 Å². The molecule has 1 fully saturated rings. The van der Waals surface area contributed by atoms with Gasteiger partial charge in [-0.2, -0.15) is 4.31 Å². The number of piperidine rings is 1. The van der Waals surface area contributed by atoms with Crippen LogP contribution in [0.15, 0.2) is 47.5 Å². The molecule has 0 radical (unpaired) electrons. The van der Waals surface area contributed by atoms with Gasteiger partial charge in [0.25, 0.3) is 0 Å². The van der Waals surface area contributed by atoms with Gasteiger partial charge in [0.15, 0.2) is 5.65 Å². The predicted molar refractivity (Wildman–Crippen MR) is 99.6 cm³/mol. The molecule has 1 aliphatic heterocycles. The van der Waals surface area contributed by atoms with Gasteiger partial charge in [0.05, 0.1) is 4.90 Å². The first-order valence-corrected chi connectivity index (χ1v) is 10.3. The Kier molecular flexibility index (Phi) is 4.28. The lowest BCUT2D eigenvalue weighted by molar-refractivity contribution is 0.312. The molecule has 0 spiro atoms. The molecule has 3 heterocycles. The number of aryl methyl sites for hydroxylation is 2. The van der Waals surface area contributed by atoms with Crippen LogP contribution >= 0.6 is 0 Å². The molecule has 7 heteroatoms. The van der Waals surface area contributed by atoms with E-state index in [1.807, 2.05) is 54.8 Å². The van der Waals surface area contributed by atoms with Gasteiger partial charge in [0.2, 0.25) is 10.0 Å². The summed E-state index contributed by atoms with van der Waals surface area (Å²) in [5.74, 6) is 1.14. The Bertz CT molecular complexity index is 1050. The van der Waals surface area contributed by atoms with Gasteiger partial charge in [-0.15, -0.1) is 10.2 Å². The molecule has 1 aliphatic rings. The van der Waals surface area contributed by atoms with E-state index >= 15 is 0 Å².